The van der Waals surface area contributed by atoms with Crippen LogP contribution in [0.5, 0.6) is 0 Å². The fourth-order valence-electron chi connectivity index (χ4n) is 3.49. The zero-order valence-electron chi connectivity index (χ0n) is 13.8. The van der Waals surface area contributed by atoms with Crippen LogP contribution in [0.25, 0.3) is 0 Å². The van der Waals surface area contributed by atoms with Gasteiger partial charge in [0.2, 0.25) is 11.8 Å². The molecule has 130 valence electrons. The molecule has 24 heavy (non-hydrogen) atoms. The summed E-state index contributed by atoms with van der Waals surface area (Å²) in [7, 11) is 0. The molecule has 1 aromatic heterocycles. The molecule has 1 saturated heterocycles. The lowest BCUT2D eigenvalue weighted by molar-refractivity contribution is -0.128. The van der Waals surface area contributed by atoms with Gasteiger partial charge < -0.3 is 10.2 Å². The molecule has 1 saturated carbocycles. The Hall–Kier alpha value is -1.63. The maximum atomic E-state index is 12.2. The normalized spacial score (nSPS) is 21.9. The van der Waals surface area contributed by atoms with E-state index in [1.807, 2.05) is 4.90 Å². The Labute approximate surface area is 146 Å². The van der Waals surface area contributed by atoms with Crippen LogP contribution in [-0.2, 0) is 9.59 Å². The minimum Gasteiger partial charge on any atom is -0.350 e. The van der Waals surface area contributed by atoms with Crippen LogP contribution in [0, 0.1) is 5.92 Å². The average molecular weight is 348 g/mol. The summed E-state index contributed by atoms with van der Waals surface area (Å²) in [6, 6.07) is 1.68. The molecule has 1 aliphatic heterocycles. The van der Waals surface area contributed by atoms with E-state index in [0.717, 1.165) is 6.54 Å². The molecular formula is C17H24N4O2S. The first-order chi connectivity index (χ1) is 11.7. The van der Waals surface area contributed by atoms with Crippen molar-refractivity contribution in [2.24, 2.45) is 5.92 Å². The van der Waals surface area contributed by atoms with Crippen molar-refractivity contribution in [3.8, 4) is 0 Å². The van der Waals surface area contributed by atoms with Crippen LogP contribution in [0.3, 0.4) is 0 Å². The summed E-state index contributed by atoms with van der Waals surface area (Å²) in [6.45, 7) is 1.51. The molecule has 6 nitrogen and oxygen atoms in total. The molecule has 0 radical (unpaired) electrons. The Morgan fingerprint density at radius 1 is 1.25 bits per heavy atom. The number of carbonyl (C=O) groups is 2. The molecule has 1 atom stereocenters. The maximum Gasteiger partial charge on any atom is 0.230 e. The van der Waals surface area contributed by atoms with Crippen LogP contribution in [0.15, 0.2) is 23.6 Å². The Morgan fingerprint density at radius 2 is 2.00 bits per heavy atom. The highest BCUT2D eigenvalue weighted by Crippen LogP contribution is 2.26. The quantitative estimate of drug-likeness (QED) is 0.627. The lowest BCUT2D eigenvalue weighted by atomic mass is 9.89. The summed E-state index contributed by atoms with van der Waals surface area (Å²) >= 11 is 1.31. The van der Waals surface area contributed by atoms with Crippen LogP contribution < -0.4 is 5.32 Å². The third kappa shape index (κ3) is 4.93. The van der Waals surface area contributed by atoms with Crippen molar-refractivity contribution < 1.29 is 9.59 Å². The van der Waals surface area contributed by atoms with E-state index < -0.39 is 0 Å². The van der Waals surface area contributed by atoms with Crippen LogP contribution in [-0.4, -0.2) is 51.6 Å². The van der Waals surface area contributed by atoms with Gasteiger partial charge in [-0.1, -0.05) is 31.0 Å². The second-order valence-electron chi connectivity index (χ2n) is 6.59. The van der Waals surface area contributed by atoms with Gasteiger partial charge in [0, 0.05) is 31.9 Å². The molecule has 0 unspecified atom stereocenters. The molecule has 2 aliphatic rings. The van der Waals surface area contributed by atoms with E-state index >= 15 is 0 Å². The van der Waals surface area contributed by atoms with Crippen LogP contribution in [0.2, 0.25) is 0 Å². The zero-order valence-corrected chi connectivity index (χ0v) is 14.6. The number of amides is 2. The van der Waals surface area contributed by atoms with Crippen molar-refractivity contribution in [3.63, 3.8) is 0 Å². The van der Waals surface area contributed by atoms with Gasteiger partial charge in [0.25, 0.3) is 0 Å². The lowest BCUT2D eigenvalue weighted by Crippen LogP contribution is -2.39. The number of nitrogens with zero attached hydrogens (tertiary/aromatic N) is 3. The van der Waals surface area contributed by atoms with E-state index in [1.165, 1.54) is 43.9 Å². The van der Waals surface area contributed by atoms with Gasteiger partial charge in [-0.05, 0) is 24.8 Å². The number of likely N-dealkylation sites (tertiary alicyclic amines) is 1. The number of rotatable bonds is 6. The van der Waals surface area contributed by atoms with Gasteiger partial charge in [-0.2, -0.15) is 0 Å². The van der Waals surface area contributed by atoms with Crippen molar-refractivity contribution in [1.82, 2.24) is 20.2 Å². The van der Waals surface area contributed by atoms with E-state index in [0.29, 0.717) is 24.0 Å². The number of hydrogen-bond donors (Lipinski definition) is 1. The molecule has 2 fully saturated rings. The SMILES string of the molecule is O=C(CSc1ncccn1)N[C@@H]1CC(=O)N(CC2CCCCC2)C1. The summed E-state index contributed by atoms with van der Waals surface area (Å²) in [4.78, 5) is 34.3. The molecule has 0 bridgehead atoms. The summed E-state index contributed by atoms with van der Waals surface area (Å²) in [6.07, 6.45) is 10.1. The fraction of sp³-hybridized carbons (Fsp3) is 0.647. The average Bonchev–Trinajstić information content (AvgIpc) is 2.94. The first kappa shape index (κ1) is 17.2. The molecule has 1 aromatic rings. The Kier molecular flexibility index (Phi) is 6.07. The van der Waals surface area contributed by atoms with E-state index in [4.69, 9.17) is 0 Å². The van der Waals surface area contributed by atoms with Gasteiger partial charge in [-0.3, -0.25) is 9.59 Å². The predicted molar refractivity (Wildman–Crippen MR) is 92.5 cm³/mol. The highest BCUT2D eigenvalue weighted by atomic mass is 32.2. The molecule has 0 spiro atoms. The van der Waals surface area contributed by atoms with Crippen LogP contribution in [0.4, 0.5) is 0 Å². The van der Waals surface area contributed by atoms with Crippen LogP contribution >= 0.6 is 11.8 Å². The minimum absolute atomic E-state index is 0.0640. The molecule has 3 rings (SSSR count). The summed E-state index contributed by atoms with van der Waals surface area (Å²) in [5.74, 6) is 1.02. The number of hydrogen-bond acceptors (Lipinski definition) is 5. The molecule has 1 aliphatic carbocycles. The van der Waals surface area contributed by atoms with Crippen molar-refractivity contribution in [2.45, 2.75) is 49.7 Å². The zero-order chi connectivity index (χ0) is 16.8. The fourth-order valence-corrected chi connectivity index (χ4v) is 4.10. The van der Waals surface area contributed by atoms with Crippen molar-refractivity contribution in [3.05, 3.63) is 18.5 Å². The van der Waals surface area contributed by atoms with Gasteiger partial charge in [0.15, 0.2) is 5.16 Å². The van der Waals surface area contributed by atoms with E-state index in [2.05, 4.69) is 15.3 Å². The number of nitrogens with one attached hydrogen (secondary N) is 1. The highest BCUT2D eigenvalue weighted by Gasteiger charge is 2.32. The Bertz CT molecular complexity index is 563. The Morgan fingerprint density at radius 3 is 2.75 bits per heavy atom. The molecular weight excluding hydrogens is 324 g/mol. The first-order valence-corrected chi connectivity index (χ1v) is 9.66. The third-order valence-electron chi connectivity index (χ3n) is 4.66. The summed E-state index contributed by atoms with van der Waals surface area (Å²) in [5, 5.41) is 3.56. The molecule has 2 amide bonds. The van der Waals surface area contributed by atoms with Gasteiger partial charge in [0.05, 0.1) is 11.8 Å². The summed E-state index contributed by atoms with van der Waals surface area (Å²) in [5.41, 5.74) is 0. The second-order valence-corrected chi connectivity index (χ2v) is 7.53. The number of carbonyl (C=O) groups excluding carboxylic acids is 2. The van der Waals surface area contributed by atoms with Crippen molar-refractivity contribution in [2.75, 3.05) is 18.8 Å². The topological polar surface area (TPSA) is 75.2 Å². The standard InChI is InChI=1S/C17H24N4O2S/c22-15(12-24-17-18-7-4-8-19-17)20-14-9-16(23)21(11-14)10-13-5-2-1-3-6-13/h4,7-8,13-14H,1-3,5-6,9-12H2,(H,20,22)/t14-/m1/s1. The smallest absolute Gasteiger partial charge is 0.230 e. The molecule has 2 heterocycles. The number of thioether (sulfide) groups is 1. The predicted octanol–water partition coefficient (Wildman–Crippen LogP) is 1.87. The van der Waals surface area contributed by atoms with E-state index in [-0.39, 0.29) is 23.6 Å². The monoisotopic (exact) mass is 348 g/mol. The largest absolute Gasteiger partial charge is 0.350 e. The third-order valence-corrected chi connectivity index (χ3v) is 5.53. The summed E-state index contributed by atoms with van der Waals surface area (Å²) < 4.78 is 0. The van der Waals surface area contributed by atoms with Crippen molar-refractivity contribution >= 4 is 23.6 Å². The lowest BCUT2D eigenvalue weighted by Gasteiger charge is -2.27. The maximum absolute atomic E-state index is 12.2. The second kappa shape index (κ2) is 8.46. The number of aromatic nitrogens is 2. The molecule has 1 N–H and O–H groups in total. The van der Waals surface area contributed by atoms with Gasteiger partial charge in [-0.15, -0.1) is 0 Å². The Balaban J connectivity index is 1.41. The van der Waals surface area contributed by atoms with Gasteiger partial charge in [0.1, 0.15) is 0 Å². The van der Waals surface area contributed by atoms with Crippen LogP contribution in [0.1, 0.15) is 38.5 Å². The first-order valence-electron chi connectivity index (χ1n) is 8.67. The molecule has 7 heteroatoms. The van der Waals surface area contributed by atoms with Gasteiger partial charge >= 0.3 is 0 Å². The van der Waals surface area contributed by atoms with Gasteiger partial charge in [-0.25, -0.2) is 9.97 Å². The minimum atomic E-state index is -0.0650. The highest BCUT2D eigenvalue weighted by molar-refractivity contribution is 7.99. The molecule has 0 aromatic carbocycles. The van der Waals surface area contributed by atoms with E-state index in [9.17, 15) is 9.59 Å². The van der Waals surface area contributed by atoms with E-state index in [1.54, 1.807) is 18.5 Å². The van der Waals surface area contributed by atoms with Crippen molar-refractivity contribution in [1.29, 1.82) is 0 Å².